The first-order valence-corrected chi connectivity index (χ1v) is 17.1. The fourth-order valence-electron chi connectivity index (χ4n) is 4.96. The van der Waals surface area contributed by atoms with Gasteiger partial charge in [-0.2, -0.15) is 14.9 Å². The number of tetrazole rings is 1. The number of ether oxygens (including phenoxy) is 1. The van der Waals surface area contributed by atoms with E-state index in [0.717, 1.165) is 0 Å². The molecule has 19 heteroatoms. The lowest BCUT2D eigenvalue weighted by molar-refractivity contribution is -0.117. The molecular weight excluding hydrogens is 714 g/mol. The van der Waals surface area contributed by atoms with E-state index in [0.29, 0.717) is 33.2 Å². The lowest BCUT2D eigenvalue weighted by Gasteiger charge is -2.19. The minimum Gasteiger partial charge on any atom is -0.453 e. The Morgan fingerprint density at radius 2 is 1.87 bits per heavy atom. The number of anilines is 1. The van der Waals surface area contributed by atoms with Crippen LogP contribution in [0.15, 0.2) is 113 Å². The Kier molecular flexibility index (Phi) is 10.6. The number of nitrogens with one attached hydrogen (secondary N) is 4. The molecule has 0 radical (unpaired) electrons. The van der Waals surface area contributed by atoms with Crippen molar-refractivity contribution < 1.29 is 22.7 Å². The van der Waals surface area contributed by atoms with E-state index in [2.05, 4.69) is 50.9 Å². The van der Waals surface area contributed by atoms with Crippen LogP contribution < -0.4 is 20.9 Å². The monoisotopic (exact) mass is 741 g/mol. The van der Waals surface area contributed by atoms with Crippen LogP contribution in [0.5, 0.6) is 0 Å². The van der Waals surface area contributed by atoms with Crippen molar-refractivity contribution in [3.63, 3.8) is 0 Å². The van der Waals surface area contributed by atoms with Crippen LogP contribution in [0.2, 0.25) is 5.02 Å². The number of nitrogens with zero attached hydrogens (tertiary/aromatic N) is 7. The van der Waals surface area contributed by atoms with E-state index in [1.807, 2.05) is 0 Å². The fraction of sp³-hybridized carbons (Fsp3) is 0.0909. The lowest BCUT2D eigenvalue weighted by Crippen LogP contribution is -2.38. The number of amides is 2. The first-order valence-electron chi connectivity index (χ1n) is 15.3. The second-order valence-corrected chi connectivity index (χ2v) is 13.1. The number of hydrogen-bond acceptors (Lipinski definition) is 11. The molecule has 0 saturated heterocycles. The number of methoxy groups -OCH3 is 1. The third kappa shape index (κ3) is 8.44. The molecule has 0 fully saturated rings. The average molecular weight is 742 g/mol. The zero-order valence-corrected chi connectivity index (χ0v) is 28.6. The number of aromatic nitrogens is 8. The zero-order valence-electron chi connectivity index (χ0n) is 27.0. The topological polar surface area (TPSA) is 221 Å². The first-order chi connectivity index (χ1) is 25.1. The molecule has 264 valence electrons. The Labute approximate surface area is 300 Å². The van der Waals surface area contributed by atoms with E-state index in [-0.39, 0.29) is 22.7 Å². The molecule has 1 atom stereocenters. The lowest BCUT2D eigenvalue weighted by atomic mass is 10.0. The highest BCUT2D eigenvalue weighted by Gasteiger charge is 2.22. The summed E-state index contributed by atoms with van der Waals surface area (Å²) in [4.78, 5) is 37.9. The molecule has 0 spiro atoms. The molecule has 0 aliphatic rings. The Bertz CT molecular complexity index is 2400. The van der Waals surface area contributed by atoms with Gasteiger partial charge in [-0.3, -0.25) is 14.9 Å². The van der Waals surface area contributed by atoms with E-state index < -0.39 is 33.6 Å². The van der Waals surface area contributed by atoms with Crippen molar-refractivity contribution >= 4 is 45.4 Å². The standard InChI is InChI=1S/C33H28ClN11O6S/c1-51-33(48)38-24-10-6-21(7-11-24)27-18-28(40-41-32(27)47)29(19-37-52(49,50)26-5-2-4-25(17-26)44-15-3-14-36-44)39-31(46)13-8-22-16-23(34)9-12-30(22)45-20-35-42-43-45/h2-18,20,29,37H,19H2,1H3,(H,38,48)(H,39,46)(H,41,47)/b13-8+. The van der Waals surface area contributed by atoms with Gasteiger partial charge in [-0.1, -0.05) is 29.8 Å². The number of benzene rings is 3. The molecule has 3 aromatic heterocycles. The highest BCUT2D eigenvalue weighted by molar-refractivity contribution is 7.89. The maximum atomic E-state index is 13.5. The third-order valence-corrected chi connectivity index (χ3v) is 9.15. The fourth-order valence-corrected chi connectivity index (χ4v) is 6.23. The molecule has 0 bridgehead atoms. The Hall–Kier alpha value is -6.50. The van der Waals surface area contributed by atoms with Crippen molar-refractivity contribution in [1.82, 2.24) is 50.2 Å². The Morgan fingerprint density at radius 1 is 1.04 bits per heavy atom. The van der Waals surface area contributed by atoms with Gasteiger partial charge in [0.1, 0.15) is 6.33 Å². The first kappa shape index (κ1) is 35.3. The van der Waals surface area contributed by atoms with Gasteiger partial charge in [0.25, 0.3) is 5.56 Å². The number of sulfonamides is 1. The summed E-state index contributed by atoms with van der Waals surface area (Å²) in [6.07, 6.45) is 6.69. The number of aromatic amines is 1. The van der Waals surface area contributed by atoms with E-state index in [4.69, 9.17) is 11.6 Å². The van der Waals surface area contributed by atoms with Gasteiger partial charge in [0, 0.05) is 41.3 Å². The van der Waals surface area contributed by atoms with Crippen molar-refractivity contribution in [1.29, 1.82) is 0 Å². The largest absolute Gasteiger partial charge is 0.453 e. The molecule has 0 aliphatic heterocycles. The van der Waals surface area contributed by atoms with Gasteiger partial charge in [0.05, 0.1) is 40.7 Å². The van der Waals surface area contributed by atoms with Gasteiger partial charge in [0.15, 0.2) is 0 Å². The molecule has 6 aromatic rings. The number of carbonyl (C=O) groups is 2. The predicted molar refractivity (Wildman–Crippen MR) is 189 cm³/mol. The summed E-state index contributed by atoms with van der Waals surface area (Å²) in [7, 11) is -2.90. The summed E-state index contributed by atoms with van der Waals surface area (Å²) >= 11 is 6.22. The maximum Gasteiger partial charge on any atom is 0.411 e. The maximum absolute atomic E-state index is 13.5. The summed E-state index contributed by atoms with van der Waals surface area (Å²) in [5, 5.41) is 27.6. The number of rotatable bonds is 12. The molecule has 1 unspecified atom stereocenters. The number of carbonyl (C=O) groups excluding carboxylic acids is 2. The van der Waals surface area contributed by atoms with Crippen molar-refractivity contribution in [2.75, 3.05) is 19.0 Å². The van der Waals surface area contributed by atoms with Gasteiger partial charge in [-0.15, -0.1) is 5.10 Å². The summed E-state index contributed by atoms with van der Waals surface area (Å²) in [6, 6.07) is 19.5. The van der Waals surface area contributed by atoms with Gasteiger partial charge in [-0.25, -0.2) is 27.7 Å². The quantitative estimate of drug-likeness (QED) is 0.133. The van der Waals surface area contributed by atoms with Crippen LogP contribution in [-0.4, -0.2) is 74.3 Å². The smallest absolute Gasteiger partial charge is 0.411 e. The second-order valence-electron chi connectivity index (χ2n) is 10.9. The minimum absolute atomic E-state index is 0.0441. The molecule has 4 N–H and O–H groups in total. The molecule has 6 rings (SSSR count). The van der Waals surface area contributed by atoms with Gasteiger partial charge in [-0.05, 0) is 82.7 Å². The molecule has 17 nitrogen and oxygen atoms in total. The molecule has 2 amide bonds. The van der Waals surface area contributed by atoms with Crippen LogP contribution in [0.1, 0.15) is 17.3 Å². The van der Waals surface area contributed by atoms with Crippen molar-refractivity contribution in [3.05, 3.63) is 130 Å². The Morgan fingerprint density at radius 3 is 2.60 bits per heavy atom. The van der Waals surface area contributed by atoms with E-state index >= 15 is 0 Å². The van der Waals surface area contributed by atoms with Gasteiger partial charge < -0.3 is 10.1 Å². The van der Waals surface area contributed by atoms with E-state index in [1.54, 1.807) is 73.1 Å². The summed E-state index contributed by atoms with van der Waals surface area (Å²) in [5.41, 5.74) is 2.21. The third-order valence-electron chi connectivity index (χ3n) is 7.50. The van der Waals surface area contributed by atoms with Crippen LogP contribution in [0.4, 0.5) is 10.5 Å². The summed E-state index contributed by atoms with van der Waals surface area (Å²) in [5.74, 6) is -0.625. The summed E-state index contributed by atoms with van der Waals surface area (Å²) < 4.78 is 37.1. The molecule has 52 heavy (non-hydrogen) atoms. The van der Waals surface area contributed by atoms with Crippen LogP contribution >= 0.6 is 11.6 Å². The van der Waals surface area contributed by atoms with Crippen molar-refractivity contribution in [2.24, 2.45) is 0 Å². The summed E-state index contributed by atoms with van der Waals surface area (Å²) in [6.45, 7) is -0.360. The molecule has 3 aromatic carbocycles. The van der Waals surface area contributed by atoms with E-state index in [9.17, 15) is 22.8 Å². The number of halogens is 1. The highest BCUT2D eigenvalue weighted by Crippen LogP contribution is 2.23. The number of hydrogen-bond donors (Lipinski definition) is 4. The molecule has 3 heterocycles. The van der Waals surface area contributed by atoms with Crippen LogP contribution in [0, 0.1) is 0 Å². The zero-order chi connectivity index (χ0) is 36.7. The van der Waals surface area contributed by atoms with E-state index in [1.165, 1.54) is 53.2 Å². The Balaban J connectivity index is 1.29. The van der Waals surface area contributed by atoms with Crippen molar-refractivity contribution in [3.8, 4) is 22.5 Å². The van der Waals surface area contributed by atoms with Crippen LogP contribution in [0.3, 0.4) is 0 Å². The van der Waals surface area contributed by atoms with Gasteiger partial charge >= 0.3 is 6.09 Å². The van der Waals surface area contributed by atoms with Gasteiger partial charge in [0.2, 0.25) is 15.9 Å². The normalized spacial score (nSPS) is 12.0. The van der Waals surface area contributed by atoms with Crippen LogP contribution in [0.25, 0.3) is 28.6 Å². The van der Waals surface area contributed by atoms with Crippen molar-refractivity contribution in [2.45, 2.75) is 10.9 Å². The molecular formula is C33H28ClN11O6S. The SMILES string of the molecule is COC(=O)Nc1ccc(-c2cc(C(CNS(=O)(=O)c3cccc(-n4cccn4)c3)NC(=O)/C=C/c3cc(Cl)ccc3-n3cnnn3)n[nH]c2=O)cc1. The number of H-pyrrole nitrogens is 1. The predicted octanol–water partition coefficient (Wildman–Crippen LogP) is 3.28. The average Bonchev–Trinajstić information content (AvgIpc) is 3.89. The highest BCUT2D eigenvalue weighted by atomic mass is 35.5. The molecule has 0 aliphatic carbocycles. The van der Waals surface area contributed by atoms with Crippen LogP contribution in [-0.2, 0) is 19.6 Å². The molecule has 0 saturated carbocycles. The minimum atomic E-state index is -4.13. The second kappa shape index (κ2) is 15.6.